The van der Waals surface area contributed by atoms with Gasteiger partial charge in [-0.1, -0.05) is 34.1 Å². The Balaban J connectivity index is 2.17. The highest BCUT2D eigenvalue weighted by atomic mass is 79.9. The van der Waals surface area contributed by atoms with E-state index in [1.807, 2.05) is 23.6 Å². The fourth-order valence-electron chi connectivity index (χ4n) is 1.90. The Morgan fingerprint density at radius 1 is 1.25 bits per heavy atom. The van der Waals surface area contributed by atoms with Gasteiger partial charge in [0.05, 0.1) is 4.88 Å². The fraction of sp³-hybridized carbons (Fsp3) is 0. The van der Waals surface area contributed by atoms with Crippen molar-refractivity contribution in [2.45, 2.75) is 0 Å². The van der Waals surface area contributed by atoms with Crippen LogP contribution < -0.4 is 5.56 Å². The summed E-state index contributed by atoms with van der Waals surface area (Å²) in [6.07, 6.45) is 0. The lowest BCUT2D eigenvalue weighted by atomic mass is 10.1. The van der Waals surface area contributed by atoms with Gasteiger partial charge in [0.15, 0.2) is 5.82 Å². The van der Waals surface area contributed by atoms with E-state index < -0.39 is 0 Å². The number of benzene rings is 1. The van der Waals surface area contributed by atoms with Crippen molar-refractivity contribution in [1.82, 2.24) is 9.97 Å². The fourth-order valence-corrected chi connectivity index (χ4v) is 2.96. The number of halogens is 1. The molecule has 20 heavy (non-hydrogen) atoms. The normalized spacial score (nSPS) is 10.7. The van der Waals surface area contributed by atoms with Crippen LogP contribution in [0, 0.1) is 0 Å². The van der Waals surface area contributed by atoms with Crippen LogP contribution in [0.15, 0.2) is 51.0 Å². The van der Waals surface area contributed by atoms with Crippen molar-refractivity contribution in [1.29, 1.82) is 0 Å². The van der Waals surface area contributed by atoms with Gasteiger partial charge in [-0.25, -0.2) is 0 Å². The van der Waals surface area contributed by atoms with Gasteiger partial charge in [-0.3, -0.25) is 4.79 Å². The summed E-state index contributed by atoms with van der Waals surface area (Å²) in [6.45, 7) is 0. The summed E-state index contributed by atoms with van der Waals surface area (Å²) in [4.78, 5) is 19.8. The van der Waals surface area contributed by atoms with Gasteiger partial charge in [-0.2, -0.15) is 4.98 Å². The molecule has 0 aliphatic rings. The first-order chi connectivity index (χ1) is 9.65. The van der Waals surface area contributed by atoms with Crippen molar-refractivity contribution < 1.29 is 5.11 Å². The van der Waals surface area contributed by atoms with Crippen LogP contribution in [-0.2, 0) is 0 Å². The summed E-state index contributed by atoms with van der Waals surface area (Å²) in [6, 6.07) is 10.9. The molecule has 0 aliphatic carbocycles. The molecule has 0 fully saturated rings. The zero-order valence-electron chi connectivity index (χ0n) is 10.1. The lowest BCUT2D eigenvalue weighted by Crippen LogP contribution is -2.11. The van der Waals surface area contributed by atoms with Crippen molar-refractivity contribution in [2.75, 3.05) is 0 Å². The largest absolute Gasteiger partial charge is 0.493 e. The molecule has 1 aromatic carbocycles. The molecule has 0 radical (unpaired) electrons. The van der Waals surface area contributed by atoms with Crippen LogP contribution in [0.2, 0.25) is 0 Å². The van der Waals surface area contributed by atoms with Gasteiger partial charge >= 0.3 is 0 Å². The minimum absolute atomic E-state index is 0.173. The number of aromatic nitrogens is 2. The zero-order chi connectivity index (χ0) is 14.1. The Morgan fingerprint density at radius 2 is 2.10 bits per heavy atom. The van der Waals surface area contributed by atoms with Gasteiger partial charge in [-0.05, 0) is 29.1 Å². The molecule has 0 spiro atoms. The summed E-state index contributed by atoms with van der Waals surface area (Å²) in [5.41, 5.74) is 0.425. The average molecular weight is 349 g/mol. The summed E-state index contributed by atoms with van der Waals surface area (Å²) in [5, 5.41) is 12.0. The molecule has 4 nitrogen and oxygen atoms in total. The maximum Gasteiger partial charge on any atom is 0.262 e. The summed E-state index contributed by atoms with van der Waals surface area (Å²) >= 11 is 4.79. The predicted molar refractivity (Wildman–Crippen MR) is 83.0 cm³/mol. The van der Waals surface area contributed by atoms with Crippen molar-refractivity contribution in [3.63, 3.8) is 0 Å². The quantitative estimate of drug-likeness (QED) is 0.742. The third-order valence-electron chi connectivity index (χ3n) is 2.77. The van der Waals surface area contributed by atoms with Gasteiger partial charge in [0.2, 0.25) is 5.88 Å². The van der Waals surface area contributed by atoms with E-state index in [1.54, 1.807) is 18.2 Å². The van der Waals surface area contributed by atoms with Gasteiger partial charge in [-0.15, -0.1) is 11.3 Å². The van der Waals surface area contributed by atoms with Crippen LogP contribution in [0.1, 0.15) is 0 Å². The molecule has 2 aromatic heterocycles. The standard InChI is InChI=1S/C14H9BrN2O2S/c15-9-4-1-3-8(7-9)11-13(18)16-12(17-14(11)19)10-5-2-6-20-10/h1-7H,(H2,16,17,18,19). The van der Waals surface area contributed by atoms with E-state index in [0.29, 0.717) is 11.4 Å². The van der Waals surface area contributed by atoms with Crippen LogP contribution in [0.4, 0.5) is 0 Å². The molecule has 2 N–H and O–H groups in total. The van der Waals surface area contributed by atoms with Crippen LogP contribution in [0.3, 0.4) is 0 Å². The number of aromatic hydroxyl groups is 1. The molecule has 100 valence electrons. The molecule has 2 heterocycles. The Morgan fingerprint density at radius 3 is 2.75 bits per heavy atom. The first-order valence-electron chi connectivity index (χ1n) is 5.78. The van der Waals surface area contributed by atoms with Gasteiger partial charge < -0.3 is 10.1 Å². The lowest BCUT2D eigenvalue weighted by Gasteiger charge is -2.05. The number of aromatic amines is 1. The van der Waals surface area contributed by atoms with E-state index in [1.165, 1.54) is 11.3 Å². The van der Waals surface area contributed by atoms with E-state index >= 15 is 0 Å². The molecule has 0 amide bonds. The number of rotatable bonds is 2. The van der Waals surface area contributed by atoms with Crippen LogP contribution in [0.5, 0.6) is 5.88 Å². The minimum Gasteiger partial charge on any atom is -0.493 e. The minimum atomic E-state index is -0.362. The zero-order valence-corrected chi connectivity index (χ0v) is 12.5. The molecule has 0 aliphatic heterocycles. The molecule has 0 saturated heterocycles. The highest BCUT2D eigenvalue weighted by Gasteiger charge is 2.14. The predicted octanol–water partition coefficient (Wildman–Crippen LogP) is 3.63. The molecule has 0 saturated carbocycles. The Bertz CT molecular complexity index is 812. The number of thiophene rings is 1. The van der Waals surface area contributed by atoms with E-state index in [2.05, 4.69) is 25.9 Å². The number of H-pyrrole nitrogens is 1. The first-order valence-corrected chi connectivity index (χ1v) is 7.45. The SMILES string of the molecule is O=c1[nH]c(-c2cccs2)nc(O)c1-c1cccc(Br)c1. The molecule has 0 atom stereocenters. The third-order valence-corrected chi connectivity index (χ3v) is 4.14. The number of nitrogens with zero attached hydrogens (tertiary/aromatic N) is 1. The third kappa shape index (κ3) is 2.39. The molecule has 3 rings (SSSR count). The molecule has 3 aromatic rings. The van der Waals surface area contributed by atoms with E-state index in [9.17, 15) is 9.90 Å². The second-order valence-corrected chi connectivity index (χ2v) is 5.96. The van der Waals surface area contributed by atoms with Gasteiger partial charge in [0, 0.05) is 4.47 Å². The van der Waals surface area contributed by atoms with Crippen LogP contribution in [0.25, 0.3) is 21.8 Å². The molecule has 6 heteroatoms. The van der Waals surface area contributed by atoms with E-state index in [0.717, 1.165) is 9.35 Å². The highest BCUT2D eigenvalue weighted by Crippen LogP contribution is 2.28. The molecule has 0 unspecified atom stereocenters. The molecular weight excluding hydrogens is 340 g/mol. The topological polar surface area (TPSA) is 66.0 Å². The maximum atomic E-state index is 12.2. The molecule has 0 bridgehead atoms. The highest BCUT2D eigenvalue weighted by molar-refractivity contribution is 9.10. The summed E-state index contributed by atoms with van der Waals surface area (Å²) in [7, 11) is 0. The van der Waals surface area contributed by atoms with Crippen molar-refractivity contribution in [3.05, 3.63) is 56.6 Å². The number of hydrogen-bond donors (Lipinski definition) is 2. The summed E-state index contributed by atoms with van der Waals surface area (Å²) in [5.74, 6) is 0.108. The number of hydrogen-bond acceptors (Lipinski definition) is 4. The van der Waals surface area contributed by atoms with Crippen LogP contribution in [-0.4, -0.2) is 15.1 Å². The average Bonchev–Trinajstić information content (AvgIpc) is 2.91. The van der Waals surface area contributed by atoms with Gasteiger partial charge in [0.25, 0.3) is 5.56 Å². The lowest BCUT2D eigenvalue weighted by molar-refractivity contribution is 0.454. The van der Waals surface area contributed by atoms with E-state index in [4.69, 9.17) is 0 Å². The van der Waals surface area contributed by atoms with Gasteiger partial charge in [0.1, 0.15) is 5.56 Å². The van der Waals surface area contributed by atoms with E-state index in [-0.39, 0.29) is 17.0 Å². The number of nitrogens with one attached hydrogen (secondary N) is 1. The Labute approximate surface area is 126 Å². The second kappa shape index (κ2) is 5.22. The second-order valence-electron chi connectivity index (χ2n) is 4.10. The molecular formula is C14H9BrN2O2S. The smallest absolute Gasteiger partial charge is 0.262 e. The van der Waals surface area contributed by atoms with Crippen LogP contribution >= 0.6 is 27.3 Å². The van der Waals surface area contributed by atoms with Crippen molar-refractivity contribution >= 4 is 27.3 Å². The Hall–Kier alpha value is -1.92. The first kappa shape index (κ1) is 13.1. The maximum absolute atomic E-state index is 12.2. The Kier molecular flexibility index (Phi) is 3.42. The summed E-state index contributed by atoms with van der Waals surface area (Å²) < 4.78 is 0.830. The van der Waals surface area contributed by atoms with Crippen molar-refractivity contribution in [2.24, 2.45) is 0 Å². The van der Waals surface area contributed by atoms with Crippen molar-refractivity contribution in [3.8, 4) is 27.7 Å². The monoisotopic (exact) mass is 348 g/mol.